The Bertz CT molecular complexity index is 737. The van der Waals surface area contributed by atoms with Crippen molar-refractivity contribution in [1.29, 1.82) is 0 Å². The third kappa shape index (κ3) is 1.08. The van der Waals surface area contributed by atoms with E-state index in [0.717, 1.165) is 0 Å². The molecular formula is C14H10NS+. The summed E-state index contributed by atoms with van der Waals surface area (Å²) in [5.74, 6) is 0. The summed E-state index contributed by atoms with van der Waals surface area (Å²) in [6, 6.07) is 15.2. The minimum atomic E-state index is 1.38. The zero-order chi connectivity index (χ0) is 10.5. The second kappa shape index (κ2) is 2.94. The van der Waals surface area contributed by atoms with Gasteiger partial charge in [-0.1, -0.05) is 30.3 Å². The van der Waals surface area contributed by atoms with E-state index in [4.69, 9.17) is 0 Å². The Morgan fingerprint density at radius 2 is 1.69 bits per heavy atom. The molecule has 2 heterocycles. The van der Waals surface area contributed by atoms with Crippen LogP contribution in [0, 0.1) is 0 Å². The minimum Gasteiger partial charge on any atom is -0.277 e. The fourth-order valence-corrected chi connectivity index (χ4v) is 3.43. The van der Waals surface area contributed by atoms with Crippen LogP contribution in [0.1, 0.15) is 5.56 Å². The third-order valence-electron chi connectivity index (χ3n) is 3.05. The standard InChI is InChI=1S/C14H9NS/c1-2-7-13-9(4-1)10-5-3-6-11(12-8-15-12)14(10)16-13/h1-8,15H/p+1. The quantitative estimate of drug-likeness (QED) is 0.654. The average molecular weight is 224 g/mol. The van der Waals surface area contributed by atoms with Crippen molar-refractivity contribution < 1.29 is 5.32 Å². The molecule has 76 valence electrons. The lowest BCUT2D eigenvalue weighted by Crippen LogP contribution is -2.57. The smallest absolute Gasteiger partial charge is 0.197 e. The molecule has 0 spiro atoms. The Balaban J connectivity index is 2.22. The lowest BCUT2D eigenvalue weighted by Gasteiger charge is -1.93. The Labute approximate surface area is 97.0 Å². The van der Waals surface area contributed by atoms with Gasteiger partial charge >= 0.3 is 0 Å². The van der Waals surface area contributed by atoms with E-state index in [9.17, 15) is 0 Å². The van der Waals surface area contributed by atoms with Gasteiger partial charge in [0.2, 0.25) is 0 Å². The van der Waals surface area contributed by atoms with Gasteiger partial charge in [0.15, 0.2) is 11.9 Å². The predicted molar refractivity (Wildman–Crippen MR) is 69.2 cm³/mol. The first-order valence-electron chi connectivity index (χ1n) is 5.39. The molecule has 1 aromatic heterocycles. The lowest BCUT2D eigenvalue weighted by atomic mass is 10.1. The van der Waals surface area contributed by atoms with Gasteiger partial charge in [0.25, 0.3) is 0 Å². The number of quaternary nitrogens is 1. The number of hydrogen-bond acceptors (Lipinski definition) is 1. The molecule has 0 radical (unpaired) electrons. The van der Waals surface area contributed by atoms with Gasteiger partial charge in [0.1, 0.15) is 0 Å². The van der Waals surface area contributed by atoms with Gasteiger partial charge < -0.3 is 0 Å². The van der Waals surface area contributed by atoms with Crippen molar-refractivity contribution in [3.8, 4) is 0 Å². The SMILES string of the molecule is C1=C(c2cccc3c2sc2ccccc23)[NH2+]1. The maximum atomic E-state index is 2.22. The third-order valence-corrected chi connectivity index (χ3v) is 4.27. The molecule has 0 amide bonds. The van der Waals surface area contributed by atoms with E-state index in [1.807, 2.05) is 11.3 Å². The highest BCUT2D eigenvalue weighted by atomic mass is 32.1. The maximum absolute atomic E-state index is 2.22. The van der Waals surface area contributed by atoms with Crippen LogP contribution >= 0.6 is 11.3 Å². The van der Waals surface area contributed by atoms with Crippen LogP contribution < -0.4 is 5.32 Å². The van der Waals surface area contributed by atoms with Crippen LogP contribution in [0.3, 0.4) is 0 Å². The molecule has 16 heavy (non-hydrogen) atoms. The second-order valence-corrected chi connectivity index (χ2v) is 5.12. The zero-order valence-electron chi connectivity index (χ0n) is 8.60. The first kappa shape index (κ1) is 8.50. The van der Waals surface area contributed by atoms with E-state index in [1.54, 1.807) is 0 Å². The Morgan fingerprint density at radius 3 is 2.56 bits per heavy atom. The van der Waals surface area contributed by atoms with Gasteiger partial charge in [-0.25, -0.2) is 0 Å². The molecule has 4 rings (SSSR count). The molecule has 3 aromatic rings. The summed E-state index contributed by atoms with van der Waals surface area (Å²) in [6.45, 7) is 0. The number of rotatable bonds is 1. The zero-order valence-corrected chi connectivity index (χ0v) is 9.42. The maximum Gasteiger partial charge on any atom is 0.197 e. The number of fused-ring (bicyclic) bond motifs is 3. The van der Waals surface area contributed by atoms with Gasteiger partial charge in [-0.15, -0.1) is 11.3 Å². The topological polar surface area (TPSA) is 16.6 Å². The van der Waals surface area contributed by atoms with E-state index in [0.29, 0.717) is 0 Å². The number of thiophene rings is 1. The van der Waals surface area contributed by atoms with Gasteiger partial charge in [0, 0.05) is 20.2 Å². The summed E-state index contributed by atoms with van der Waals surface area (Å²) in [4.78, 5) is 0. The molecular weight excluding hydrogens is 214 g/mol. The summed E-state index contributed by atoms with van der Waals surface area (Å²) in [5, 5.41) is 4.95. The van der Waals surface area contributed by atoms with Crippen molar-refractivity contribution in [3.63, 3.8) is 0 Å². The van der Waals surface area contributed by atoms with Gasteiger partial charge in [-0.05, 0) is 12.1 Å². The van der Waals surface area contributed by atoms with E-state index < -0.39 is 0 Å². The van der Waals surface area contributed by atoms with Crippen LogP contribution in [0.25, 0.3) is 25.9 Å². The first-order chi connectivity index (χ1) is 7.93. The lowest BCUT2D eigenvalue weighted by molar-refractivity contribution is -0.411. The molecule has 1 nitrogen and oxygen atoms in total. The fourth-order valence-electron chi connectivity index (χ4n) is 2.20. The van der Waals surface area contributed by atoms with E-state index in [-0.39, 0.29) is 0 Å². The molecule has 1 aliphatic heterocycles. The fraction of sp³-hybridized carbons (Fsp3) is 0. The van der Waals surface area contributed by atoms with Crippen LogP contribution in [-0.4, -0.2) is 0 Å². The molecule has 0 saturated carbocycles. The second-order valence-electron chi connectivity index (χ2n) is 4.07. The Kier molecular flexibility index (Phi) is 1.56. The molecule has 2 N–H and O–H groups in total. The highest BCUT2D eigenvalue weighted by molar-refractivity contribution is 7.26. The summed E-state index contributed by atoms with van der Waals surface area (Å²) in [6.07, 6.45) is 2.18. The van der Waals surface area contributed by atoms with Crippen molar-refractivity contribution >= 4 is 37.2 Å². The number of benzene rings is 2. The van der Waals surface area contributed by atoms with E-state index >= 15 is 0 Å². The molecule has 2 aromatic carbocycles. The first-order valence-corrected chi connectivity index (χ1v) is 6.21. The minimum absolute atomic E-state index is 1.38. The van der Waals surface area contributed by atoms with E-state index in [1.165, 1.54) is 31.4 Å². The molecule has 0 unspecified atom stereocenters. The van der Waals surface area contributed by atoms with E-state index in [2.05, 4.69) is 54.0 Å². The highest BCUT2D eigenvalue weighted by Gasteiger charge is 2.21. The molecule has 0 bridgehead atoms. The van der Waals surface area contributed by atoms with Crippen molar-refractivity contribution in [2.75, 3.05) is 0 Å². The largest absolute Gasteiger partial charge is 0.277 e. The van der Waals surface area contributed by atoms with Crippen LogP contribution in [0.2, 0.25) is 0 Å². The van der Waals surface area contributed by atoms with Crippen molar-refractivity contribution in [2.24, 2.45) is 0 Å². The molecule has 0 saturated heterocycles. The molecule has 0 atom stereocenters. The average Bonchev–Trinajstić information content (AvgIpc) is 3.09. The molecule has 0 fully saturated rings. The summed E-state index contributed by atoms with van der Waals surface area (Å²) in [5.41, 5.74) is 2.77. The van der Waals surface area contributed by atoms with Gasteiger partial charge in [-0.3, -0.25) is 5.32 Å². The number of nitrogens with two attached hydrogens (primary N) is 1. The van der Waals surface area contributed by atoms with Crippen molar-refractivity contribution in [3.05, 3.63) is 54.2 Å². The van der Waals surface area contributed by atoms with Gasteiger partial charge in [0.05, 0.1) is 5.56 Å². The van der Waals surface area contributed by atoms with Crippen LogP contribution in [-0.2, 0) is 0 Å². The number of hydrogen-bond donors (Lipinski definition) is 1. The van der Waals surface area contributed by atoms with Crippen LogP contribution in [0.15, 0.2) is 48.7 Å². The molecule has 2 heteroatoms. The van der Waals surface area contributed by atoms with Crippen molar-refractivity contribution in [2.45, 2.75) is 0 Å². The Hall–Kier alpha value is -1.64. The van der Waals surface area contributed by atoms with Crippen molar-refractivity contribution in [1.82, 2.24) is 0 Å². The Morgan fingerprint density at radius 1 is 0.875 bits per heavy atom. The highest BCUT2D eigenvalue weighted by Crippen LogP contribution is 2.37. The van der Waals surface area contributed by atoms with Gasteiger partial charge in [-0.2, -0.15) is 0 Å². The summed E-state index contributed by atoms with van der Waals surface area (Å²) in [7, 11) is 0. The summed E-state index contributed by atoms with van der Waals surface area (Å²) >= 11 is 1.90. The van der Waals surface area contributed by atoms with Crippen LogP contribution in [0.5, 0.6) is 0 Å². The molecule has 1 aliphatic rings. The monoisotopic (exact) mass is 224 g/mol. The normalized spacial score (nSPS) is 14.4. The summed E-state index contributed by atoms with van der Waals surface area (Å²) < 4.78 is 2.80. The molecule has 0 aliphatic carbocycles. The van der Waals surface area contributed by atoms with Crippen LogP contribution in [0.4, 0.5) is 0 Å². The predicted octanol–water partition coefficient (Wildman–Crippen LogP) is 2.93.